The van der Waals surface area contributed by atoms with Crippen molar-refractivity contribution in [2.24, 2.45) is 0 Å². The summed E-state index contributed by atoms with van der Waals surface area (Å²) in [6.07, 6.45) is -0.00346. The number of esters is 1. The second kappa shape index (κ2) is 10.9. The van der Waals surface area contributed by atoms with Gasteiger partial charge in [-0.25, -0.2) is 13.1 Å². The summed E-state index contributed by atoms with van der Waals surface area (Å²) in [5, 5.41) is 11.3. The topological polar surface area (TPSA) is 125 Å². The number of hydrogen-bond donors (Lipinski definition) is 2. The van der Waals surface area contributed by atoms with E-state index < -0.39 is 27.9 Å². The van der Waals surface area contributed by atoms with Gasteiger partial charge in [-0.2, -0.15) is 5.26 Å². The smallest absolute Gasteiger partial charge is 0.307 e. The van der Waals surface area contributed by atoms with Crippen LogP contribution in [0.3, 0.4) is 0 Å². The molecule has 2 N–H and O–H groups in total. The molecule has 0 spiro atoms. The van der Waals surface area contributed by atoms with E-state index in [2.05, 4.69) is 26.0 Å². The van der Waals surface area contributed by atoms with Crippen molar-refractivity contribution in [1.29, 1.82) is 5.26 Å². The monoisotopic (exact) mass is 493 g/mol. The molecule has 0 aliphatic heterocycles. The zero-order chi connectivity index (χ0) is 22.1. The van der Waals surface area contributed by atoms with Gasteiger partial charge in [0.05, 0.1) is 30.5 Å². The Hall–Kier alpha value is -2.74. The molecule has 0 heterocycles. The second-order valence-electron chi connectivity index (χ2n) is 6.19. The molecule has 8 nitrogen and oxygen atoms in total. The van der Waals surface area contributed by atoms with E-state index in [4.69, 9.17) is 10.00 Å². The maximum absolute atomic E-state index is 12.7. The van der Waals surface area contributed by atoms with Gasteiger partial charge in [0.1, 0.15) is 0 Å². The Morgan fingerprint density at radius 1 is 1.13 bits per heavy atom. The Morgan fingerprint density at radius 2 is 1.77 bits per heavy atom. The molecule has 10 heteroatoms. The van der Waals surface area contributed by atoms with Gasteiger partial charge in [0.2, 0.25) is 10.0 Å². The first kappa shape index (κ1) is 23.5. The van der Waals surface area contributed by atoms with E-state index in [9.17, 15) is 18.0 Å². The van der Waals surface area contributed by atoms with Gasteiger partial charge in [0, 0.05) is 23.0 Å². The average molecular weight is 494 g/mol. The van der Waals surface area contributed by atoms with Crippen molar-refractivity contribution >= 4 is 37.8 Å². The van der Waals surface area contributed by atoms with Gasteiger partial charge in [0.15, 0.2) is 0 Å². The van der Waals surface area contributed by atoms with E-state index in [-0.39, 0.29) is 29.8 Å². The number of hydrogen-bond acceptors (Lipinski definition) is 6. The molecule has 0 fully saturated rings. The number of amides is 1. The van der Waals surface area contributed by atoms with Crippen LogP contribution in [0.5, 0.6) is 0 Å². The molecule has 2 aromatic carbocycles. The van der Waals surface area contributed by atoms with Crippen LogP contribution >= 0.6 is 15.9 Å². The minimum Gasteiger partial charge on any atom is -0.469 e. The molecular weight excluding hydrogens is 474 g/mol. The van der Waals surface area contributed by atoms with Crippen LogP contribution in [0, 0.1) is 11.3 Å². The highest BCUT2D eigenvalue weighted by atomic mass is 79.9. The predicted molar refractivity (Wildman–Crippen MR) is 113 cm³/mol. The SMILES string of the molecule is COC(=O)CC(NC(=O)c1ccc(S(=O)(=O)NCCC#N)cc1)c1ccc(Br)cc1. The largest absolute Gasteiger partial charge is 0.469 e. The molecule has 0 aliphatic carbocycles. The Bertz CT molecular complexity index is 1030. The Kier molecular flexibility index (Phi) is 8.53. The lowest BCUT2D eigenvalue weighted by Gasteiger charge is -2.18. The van der Waals surface area contributed by atoms with Crippen molar-refractivity contribution in [3.63, 3.8) is 0 Å². The summed E-state index contributed by atoms with van der Waals surface area (Å²) in [7, 11) is -2.49. The van der Waals surface area contributed by atoms with Crippen molar-refractivity contribution in [3.8, 4) is 6.07 Å². The molecule has 0 aromatic heterocycles. The van der Waals surface area contributed by atoms with E-state index in [1.807, 2.05) is 6.07 Å². The molecule has 1 amide bonds. The Balaban J connectivity index is 2.16. The normalized spacial score (nSPS) is 11.9. The molecule has 0 saturated heterocycles. The first-order valence-electron chi connectivity index (χ1n) is 8.86. The number of benzene rings is 2. The van der Waals surface area contributed by atoms with E-state index in [0.717, 1.165) is 10.0 Å². The summed E-state index contributed by atoms with van der Waals surface area (Å²) in [5.74, 6) is -0.943. The maximum atomic E-state index is 12.7. The Labute approximate surface area is 183 Å². The minimum absolute atomic E-state index is 0.00344. The first-order chi connectivity index (χ1) is 14.3. The third kappa shape index (κ3) is 6.66. The third-order valence-corrected chi connectivity index (χ3v) is 6.14. The fourth-order valence-corrected chi connectivity index (χ4v) is 3.85. The van der Waals surface area contributed by atoms with E-state index in [1.54, 1.807) is 24.3 Å². The summed E-state index contributed by atoms with van der Waals surface area (Å²) in [4.78, 5) is 24.4. The summed E-state index contributed by atoms with van der Waals surface area (Å²) in [5.41, 5.74) is 0.954. The highest BCUT2D eigenvalue weighted by Crippen LogP contribution is 2.21. The van der Waals surface area contributed by atoms with Crippen LogP contribution < -0.4 is 10.0 Å². The fourth-order valence-electron chi connectivity index (χ4n) is 2.55. The summed E-state index contributed by atoms with van der Waals surface area (Å²) in [6.45, 7) is 0.00344. The van der Waals surface area contributed by atoms with Crippen LogP contribution in [0.15, 0.2) is 57.9 Å². The lowest BCUT2D eigenvalue weighted by Crippen LogP contribution is -2.30. The maximum Gasteiger partial charge on any atom is 0.307 e. The van der Waals surface area contributed by atoms with Gasteiger partial charge < -0.3 is 10.1 Å². The quantitative estimate of drug-likeness (QED) is 0.408. The number of ether oxygens (including phenoxy) is 1. The van der Waals surface area contributed by atoms with E-state index in [1.165, 1.54) is 31.4 Å². The van der Waals surface area contributed by atoms with Gasteiger partial charge in [-0.3, -0.25) is 9.59 Å². The van der Waals surface area contributed by atoms with Crippen LogP contribution in [0.4, 0.5) is 0 Å². The number of sulfonamides is 1. The molecule has 2 rings (SSSR count). The van der Waals surface area contributed by atoms with Gasteiger partial charge in [-0.15, -0.1) is 0 Å². The predicted octanol–water partition coefficient (Wildman–Crippen LogP) is 2.68. The average Bonchev–Trinajstić information content (AvgIpc) is 2.74. The summed E-state index contributed by atoms with van der Waals surface area (Å²) in [6, 6.07) is 13.8. The number of nitrogens with zero attached hydrogens (tertiary/aromatic N) is 1. The first-order valence-corrected chi connectivity index (χ1v) is 11.1. The molecule has 1 unspecified atom stereocenters. The number of nitriles is 1. The van der Waals surface area contributed by atoms with Crippen molar-refractivity contribution in [1.82, 2.24) is 10.0 Å². The number of carbonyl (C=O) groups excluding carboxylic acids is 2. The number of nitrogens with one attached hydrogen (secondary N) is 2. The van der Waals surface area contributed by atoms with Crippen LogP contribution in [-0.4, -0.2) is 33.9 Å². The fraction of sp³-hybridized carbons (Fsp3) is 0.250. The number of methoxy groups -OCH3 is 1. The van der Waals surface area contributed by atoms with Gasteiger partial charge >= 0.3 is 5.97 Å². The third-order valence-electron chi connectivity index (χ3n) is 4.13. The van der Waals surface area contributed by atoms with Gasteiger partial charge in [-0.1, -0.05) is 28.1 Å². The molecule has 1 atom stereocenters. The number of rotatable bonds is 9. The summed E-state index contributed by atoms with van der Waals surface area (Å²) >= 11 is 3.34. The molecule has 0 bridgehead atoms. The number of carbonyl (C=O) groups is 2. The highest BCUT2D eigenvalue weighted by molar-refractivity contribution is 9.10. The van der Waals surface area contributed by atoms with Crippen LogP contribution in [0.2, 0.25) is 0 Å². The molecule has 158 valence electrons. The molecule has 30 heavy (non-hydrogen) atoms. The van der Waals surface area contributed by atoms with Crippen molar-refractivity contribution in [3.05, 3.63) is 64.1 Å². The van der Waals surface area contributed by atoms with Crippen LogP contribution in [0.1, 0.15) is 34.8 Å². The minimum atomic E-state index is -3.76. The van der Waals surface area contributed by atoms with Gasteiger partial charge in [-0.05, 0) is 42.0 Å². The lowest BCUT2D eigenvalue weighted by atomic mass is 10.0. The van der Waals surface area contributed by atoms with Crippen molar-refractivity contribution < 1.29 is 22.7 Å². The van der Waals surface area contributed by atoms with Crippen molar-refractivity contribution in [2.45, 2.75) is 23.8 Å². The van der Waals surface area contributed by atoms with Crippen LogP contribution in [0.25, 0.3) is 0 Å². The molecular formula is C20H20BrN3O5S. The second-order valence-corrected chi connectivity index (χ2v) is 8.87. The zero-order valence-electron chi connectivity index (χ0n) is 16.1. The standard InChI is InChI=1S/C20H20BrN3O5S/c1-29-19(25)13-18(14-3-7-16(21)8-4-14)24-20(26)15-5-9-17(10-6-15)30(27,28)23-12-2-11-22/h3-10,18,23H,2,12-13H2,1H3,(H,24,26). The molecule has 0 aliphatic rings. The summed E-state index contributed by atoms with van der Waals surface area (Å²) < 4.78 is 32.2. The molecule has 0 radical (unpaired) electrons. The molecule has 2 aromatic rings. The number of halogens is 1. The zero-order valence-corrected chi connectivity index (χ0v) is 18.5. The highest BCUT2D eigenvalue weighted by Gasteiger charge is 2.20. The van der Waals surface area contributed by atoms with Crippen LogP contribution in [-0.2, 0) is 19.6 Å². The Morgan fingerprint density at radius 3 is 2.33 bits per heavy atom. The van der Waals surface area contributed by atoms with Crippen molar-refractivity contribution in [2.75, 3.05) is 13.7 Å². The van der Waals surface area contributed by atoms with Gasteiger partial charge in [0.25, 0.3) is 5.91 Å². The van der Waals surface area contributed by atoms with E-state index >= 15 is 0 Å². The molecule has 0 saturated carbocycles. The lowest BCUT2D eigenvalue weighted by molar-refractivity contribution is -0.141. The van der Waals surface area contributed by atoms with E-state index in [0.29, 0.717) is 0 Å².